The van der Waals surface area contributed by atoms with Crippen LogP contribution in [0.5, 0.6) is 5.75 Å². The van der Waals surface area contributed by atoms with Crippen molar-refractivity contribution in [3.05, 3.63) is 29.8 Å². The standard InChI is InChI=1S/C17H24N2O2/c1-17(2)8-3-9-19(13-17)11-15(20)12-21-16-6-4-14(10-18)5-7-16/h4-7,15,20H,3,8-9,11-13H2,1-2H3. The van der Waals surface area contributed by atoms with E-state index in [-0.39, 0.29) is 6.61 Å². The molecule has 21 heavy (non-hydrogen) atoms. The molecule has 1 unspecified atom stereocenters. The van der Waals surface area contributed by atoms with E-state index in [2.05, 4.69) is 24.8 Å². The third kappa shape index (κ3) is 5.04. The van der Waals surface area contributed by atoms with Gasteiger partial charge >= 0.3 is 0 Å². The van der Waals surface area contributed by atoms with Crippen molar-refractivity contribution >= 4 is 0 Å². The fraction of sp³-hybridized carbons (Fsp3) is 0.588. The van der Waals surface area contributed by atoms with Crippen molar-refractivity contribution in [3.8, 4) is 11.8 Å². The number of piperidine rings is 1. The Bertz CT molecular complexity index is 491. The lowest BCUT2D eigenvalue weighted by molar-refractivity contribution is 0.0366. The van der Waals surface area contributed by atoms with Crippen molar-refractivity contribution in [3.63, 3.8) is 0 Å². The Morgan fingerprint density at radius 3 is 2.71 bits per heavy atom. The first-order chi connectivity index (χ1) is 9.98. The number of hydrogen-bond donors (Lipinski definition) is 1. The molecule has 0 spiro atoms. The highest BCUT2D eigenvalue weighted by molar-refractivity contribution is 5.34. The van der Waals surface area contributed by atoms with Gasteiger partial charge in [-0.25, -0.2) is 0 Å². The molecule has 1 aliphatic rings. The van der Waals surface area contributed by atoms with Crippen molar-refractivity contribution in [2.75, 3.05) is 26.2 Å². The summed E-state index contributed by atoms with van der Waals surface area (Å²) in [6.45, 7) is 7.57. The molecule has 0 saturated carbocycles. The van der Waals surface area contributed by atoms with E-state index in [1.54, 1.807) is 24.3 Å². The molecule has 1 aromatic carbocycles. The van der Waals surface area contributed by atoms with Crippen LogP contribution in [0, 0.1) is 16.7 Å². The second kappa shape index (κ2) is 6.93. The van der Waals surface area contributed by atoms with Gasteiger partial charge in [0.05, 0.1) is 11.6 Å². The smallest absolute Gasteiger partial charge is 0.119 e. The van der Waals surface area contributed by atoms with Gasteiger partial charge in [0.1, 0.15) is 18.5 Å². The molecule has 0 radical (unpaired) electrons. The maximum absolute atomic E-state index is 10.1. The zero-order valence-corrected chi connectivity index (χ0v) is 12.9. The molecule has 0 aliphatic carbocycles. The number of ether oxygens (including phenoxy) is 1. The van der Waals surface area contributed by atoms with Gasteiger partial charge in [0, 0.05) is 13.1 Å². The average Bonchev–Trinajstić information content (AvgIpc) is 2.44. The van der Waals surface area contributed by atoms with E-state index in [9.17, 15) is 5.11 Å². The van der Waals surface area contributed by atoms with Gasteiger partial charge in [0.15, 0.2) is 0 Å². The third-order valence-electron chi connectivity index (χ3n) is 3.87. The molecular weight excluding hydrogens is 264 g/mol. The van der Waals surface area contributed by atoms with Gasteiger partial charge in [-0.1, -0.05) is 13.8 Å². The van der Waals surface area contributed by atoms with Crippen LogP contribution >= 0.6 is 0 Å². The van der Waals surface area contributed by atoms with Crippen molar-refractivity contribution in [1.29, 1.82) is 5.26 Å². The van der Waals surface area contributed by atoms with Crippen LogP contribution in [0.25, 0.3) is 0 Å². The first-order valence-corrected chi connectivity index (χ1v) is 7.52. The lowest BCUT2D eigenvalue weighted by Crippen LogP contribution is -2.44. The van der Waals surface area contributed by atoms with Gasteiger partial charge < -0.3 is 14.7 Å². The summed E-state index contributed by atoms with van der Waals surface area (Å²) >= 11 is 0. The summed E-state index contributed by atoms with van der Waals surface area (Å²) in [5, 5.41) is 18.8. The summed E-state index contributed by atoms with van der Waals surface area (Å²) in [5.41, 5.74) is 0.949. The number of likely N-dealkylation sites (tertiary alicyclic amines) is 1. The first kappa shape index (κ1) is 15.8. The number of nitriles is 1. The fourth-order valence-electron chi connectivity index (χ4n) is 2.87. The predicted molar refractivity (Wildman–Crippen MR) is 82.1 cm³/mol. The minimum absolute atomic E-state index is 0.281. The summed E-state index contributed by atoms with van der Waals surface area (Å²) in [6, 6.07) is 9.02. The van der Waals surface area contributed by atoms with Crippen molar-refractivity contribution in [2.24, 2.45) is 5.41 Å². The second-order valence-electron chi connectivity index (χ2n) is 6.60. The first-order valence-electron chi connectivity index (χ1n) is 7.52. The minimum atomic E-state index is -0.491. The van der Waals surface area contributed by atoms with E-state index >= 15 is 0 Å². The molecule has 1 atom stereocenters. The van der Waals surface area contributed by atoms with Gasteiger partial charge in [0.2, 0.25) is 0 Å². The van der Waals surface area contributed by atoms with E-state index in [4.69, 9.17) is 10.00 Å². The molecule has 4 nitrogen and oxygen atoms in total. The number of aliphatic hydroxyl groups is 1. The van der Waals surface area contributed by atoms with Crippen LogP contribution in [0.2, 0.25) is 0 Å². The van der Waals surface area contributed by atoms with Crippen LogP contribution in [-0.4, -0.2) is 42.4 Å². The summed E-state index contributed by atoms with van der Waals surface area (Å²) in [7, 11) is 0. The molecule has 4 heteroatoms. The topological polar surface area (TPSA) is 56.5 Å². The molecule has 1 heterocycles. The number of β-amino-alcohol motifs (C(OH)–C–C–N with tert-alkyl or cyclic N) is 1. The second-order valence-corrected chi connectivity index (χ2v) is 6.60. The Kier molecular flexibility index (Phi) is 5.22. The molecule has 1 saturated heterocycles. The molecule has 0 bridgehead atoms. The quantitative estimate of drug-likeness (QED) is 0.904. The normalized spacial score (nSPS) is 19.7. The molecule has 0 aromatic heterocycles. The van der Waals surface area contributed by atoms with Crippen LogP contribution in [0.15, 0.2) is 24.3 Å². The van der Waals surface area contributed by atoms with E-state index in [1.165, 1.54) is 12.8 Å². The van der Waals surface area contributed by atoms with Crippen molar-refractivity contribution < 1.29 is 9.84 Å². The molecule has 1 fully saturated rings. The lowest BCUT2D eigenvalue weighted by Gasteiger charge is -2.38. The lowest BCUT2D eigenvalue weighted by atomic mass is 9.84. The highest BCUT2D eigenvalue weighted by Gasteiger charge is 2.27. The number of aliphatic hydroxyl groups excluding tert-OH is 1. The molecule has 0 amide bonds. The van der Waals surface area contributed by atoms with Gasteiger partial charge in [-0.2, -0.15) is 5.26 Å². The number of hydrogen-bond acceptors (Lipinski definition) is 4. The average molecular weight is 288 g/mol. The number of benzene rings is 1. The van der Waals surface area contributed by atoms with Gasteiger partial charge in [-0.3, -0.25) is 0 Å². The van der Waals surface area contributed by atoms with Gasteiger partial charge in [0.25, 0.3) is 0 Å². The monoisotopic (exact) mass is 288 g/mol. The Morgan fingerprint density at radius 1 is 1.38 bits per heavy atom. The third-order valence-corrected chi connectivity index (χ3v) is 3.87. The fourth-order valence-corrected chi connectivity index (χ4v) is 2.87. The Balaban J connectivity index is 1.76. The Morgan fingerprint density at radius 2 is 2.10 bits per heavy atom. The molecular formula is C17H24N2O2. The zero-order chi connectivity index (χ0) is 15.3. The maximum atomic E-state index is 10.1. The van der Waals surface area contributed by atoms with Crippen LogP contribution in [-0.2, 0) is 0 Å². The summed E-state index contributed by atoms with van der Waals surface area (Å²) in [5.74, 6) is 0.687. The van der Waals surface area contributed by atoms with E-state index in [1.807, 2.05) is 0 Å². The van der Waals surface area contributed by atoms with E-state index in [0.717, 1.165) is 13.1 Å². The summed E-state index contributed by atoms with van der Waals surface area (Å²) < 4.78 is 5.57. The molecule has 114 valence electrons. The van der Waals surface area contributed by atoms with Crippen LogP contribution in [0.3, 0.4) is 0 Å². The Hall–Kier alpha value is -1.57. The number of nitrogens with zero attached hydrogens (tertiary/aromatic N) is 2. The van der Waals surface area contributed by atoms with Crippen molar-refractivity contribution in [1.82, 2.24) is 4.90 Å². The SMILES string of the molecule is CC1(C)CCCN(CC(O)COc2ccc(C#N)cc2)C1. The van der Waals surface area contributed by atoms with E-state index in [0.29, 0.717) is 23.3 Å². The number of rotatable bonds is 5. The summed E-state index contributed by atoms with van der Waals surface area (Å²) in [4.78, 5) is 2.32. The van der Waals surface area contributed by atoms with Gasteiger partial charge in [-0.15, -0.1) is 0 Å². The largest absolute Gasteiger partial charge is 0.491 e. The molecule has 1 aromatic rings. The van der Waals surface area contributed by atoms with Crippen LogP contribution < -0.4 is 4.74 Å². The van der Waals surface area contributed by atoms with Crippen molar-refractivity contribution in [2.45, 2.75) is 32.8 Å². The van der Waals surface area contributed by atoms with Crippen LogP contribution in [0.1, 0.15) is 32.3 Å². The minimum Gasteiger partial charge on any atom is -0.491 e. The highest BCUT2D eigenvalue weighted by Crippen LogP contribution is 2.28. The van der Waals surface area contributed by atoms with Gasteiger partial charge in [-0.05, 0) is 49.1 Å². The summed E-state index contributed by atoms with van der Waals surface area (Å²) in [6.07, 6.45) is 1.95. The maximum Gasteiger partial charge on any atom is 0.119 e. The van der Waals surface area contributed by atoms with E-state index < -0.39 is 6.10 Å². The Labute approximate surface area is 127 Å². The predicted octanol–water partition coefficient (Wildman–Crippen LogP) is 2.42. The zero-order valence-electron chi connectivity index (χ0n) is 12.9. The molecule has 1 N–H and O–H groups in total. The highest BCUT2D eigenvalue weighted by atomic mass is 16.5. The molecule has 1 aliphatic heterocycles. The van der Waals surface area contributed by atoms with Crippen LogP contribution in [0.4, 0.5) is 0 Å². The molecule has 2 rings (SSSR count).